The predicted octanol–water partition coefficient (Wildman–Crippen LogP) is 4.53. The SMILES string of the molecule is O=C(COc1c(F)cccc1F)c1cc(Cl)ccc1Cl. The molecule has 0 unspecified atom stereocenters. The van der Waals surface area contributed by atoms with E-state index in [9.17, 15) is 13.6 Å². The van der Waals surface area contributed by atoms with Crippen molar-refractivity contribution < 1.29 is 18.3 Å². The van der Waals surface area contributed by atoms with Crippen LogP contribution < -0.4 is 4.74 Å². The van der Waals surface area contributed by atoms with Crippen LogP contribution in [0.4, 0.5) is 8.78 Å². The van der Waals surface area contributed by atoms with Gasteiger partial charge in [-0.25, -0.2) is 8.78 Å². The van der Waals surface area contributed by atoms with Crippen molar-refractivity contribution in [1.82, 2.24) is 0 Å². The molecule has 0 aliphatic heterocycles. The maximum Gasteiger partial charge on any atom is 0.201 e. The molecule has 0 spiro atoms. The molecule has 0 atom stereocenters. The highest BCUT2D eigenvalue weighted by molar-refractivity contribution is 6.35. The van der Waals surface area contributed by atoms with E-state index in [1.165, 1.54) is 24.3 Å². The van der Waals surface area contributed by atoms with E-state index in [1.54, 1.807) is 0 Å². The highest BCUT2D eigenvalue weighted by Gasteiger charge is 2.15. The molecule has 0 heterocycles. The molecule has 0 aliphatic rings. The van der Waals surface area contributed by atoms with Crippen molar-refractivity contribution in [3.63, 3.8) is 0 Å². The van der Waals surface area contributed by atoms with Crippen LogP contribution in [0.25, 0.3) is 0 Å². The molecular formula is C14H8Cl2F2O2. The lowest BCUT2D eigenvalue weighted by Crippen LogP contribution is -2.13. The highest BCUT2D eigenvalue weighted by Crippen LogP contribution is 2.23. The van der Waals surface area contributed by atoms with E-state index in [0.717, 1.165) is 12.1 Å². The molecule has 2 nitrogen and oxygen atoms in total. The number of hydrogen-bond acceptors (Lipinski definition) is 2. The lowest BCUT2D eigenvalue weighted by atomic mass is 10.1. The normalized spacial score (nSPS) is 10.4. The Bertz CT molecular complexity index is 639. The van der Waals surface area contributed by atoms with Crippen LogP contribution in [0.1, 0.15) is 10.4 Å². The Morgan fingerprint density at radius 1 is 1.10 bits per heavy atom. The van der Waals surface area contributed by atoms with Gasteiger partial charge in [-0.3, -0.25) is 4.79 Å². The zero-order valence-corrected chi connectivity index (χ0v) is 11.5. The minimum Gasteiger partial charge on any atom is -0.479 e. The largest absolute Gasteiger partial charge is 0.479 e. The van der Waals surface area contributed by atoms with Gasteiger partial charge in [-0.15, -0.1) is 0 Å². The molecule has 20 heavy (non-hydrogen) atoms. The minimum absolute atomic E-state index is 0.135. The molecule has 104 valence electrons. The van der Waals surface area contributed by atoms with E-state index in [4.69, 9.17) is 27.9 Å². The summed E-state index contributed by atoms with van der Waals surface area (Å²) in [7, 11) is 0. The van der Waals surface area contributed by atoms with Crippen LogP contribution in [-0.2, 0) is 0 Å². The molecule has 0 fully saturated rings. The Hall–Kier alpha value is -1.65. The molecule has 0 amide bonds. The van der Waals surface area contributed by atoms with Crippen molar-refractivity contribution in [1.29, 1.82) is 0 Å². The average Bonchev–Trinajstić information content (AvgIpc) is 2.40. The second-order valence-electron chi connectivity index (χ2n) is 3.89. The monoisotopic (exact) mass is 316 g/mol. The summed E-state index contributed by atoms with van der Waals surface area (Å²) >= 11 is 11.6. The van der Waals surface area contributed by atoms with Gasteiger partial charge in [0.05, 0.1) is 5.02 Å². The first-order chi connectivity index (χ1) is 9.49. The summed E-state index contributed by atoms with van der Waals surface area (Å²) in [5.74, 6) is -2.89. The Kier molecular flexibility index (Phi) is 4.57. The molecule has 2 aromatic rings. The van der Waals surface area contributed by atoms with Crippen molar-refractivity contribution in [3.05, 3.63) is 63.6 Å². The standard InChI is InChI=1S/C14H8Cl2F2O2/c15-8-4-5-10(16)9(6-8)13(19)7-20-14-11(17)2-1-3-12(14)18/h1-6H,7H2. The molecule has 0 N–H and O–H groups in total. The van der Waals surface area contributed by atoms with Gasteiger partial charge >= 0.3 is 0 Å². The first-order valence-corrected chi connectivity index (χ1v) is 6.29. The number of benzene rings is 2. The molecule has 6 heteroatoms. The highest BCUT2D eigenvalue weighted by atomic mass is 35.5. The Morgan fingerprint density at radius 3 is 2.40 bits per heavy atom. The van der Waals surface area contributed by atoms with E-state index in [-0.39, 0.29) is 10.6 Å². The molecule has 0 aliphatic carbocycles. The fraction of sp³-hybridized carbons (Fsp3) is 0.0714. The zero-order chi connectivity index (χ0) is 14.7. The summed E-state index contributed by atoms with van der Waals surface area (Å²) in [5.41, 5.74) is 0.135. The number of carbonyl (C=O) groups excluding carboxylic acids is 1. The van der Waals surface area contributed by atoms with Crippen molar-refractivity contribution in [3.8, 4) is 5.75 Å². The van der Waals surface area contributed by atoms with Crippen molar-refractivity contribution in [2.75, 3.05) is 6.61 Å². The molecule has 0 bridgehead atoms. The van der Waals surface area contributed by atoms with Gasteiger partial charge in [0.2, 0.25) is 5.78 Å². The number of para-hydroxylation sites is 1. The second-order valence-corrected chi connectivity index (χ2v) is 4.73. The van der Waals surface area contributed by atoms with Crippen LogP contribution in [0, 0.1) is 11.6 Å². The maximum absolute atomic E-state index is 13.3. The fourth-order valence-corrected chi connectivity index (χ4v) is 1.94. The third-order valence-corrected chi connectivity index (χ3v) is 3.06. The van der Waals surface area contributed by atoms with Crippen molar-refractivity contribution in [2.45, 2.75) is 0 Å². The van der Waals surface area contributed by atoms with Crippen LogP contribution >= 0.6 is 23.2 Å². The number of rotatable bonds is 4. The number of ketones is 1. The number of hydrogen-bond donors (Lipinski definition) is 0. The van der Waals surface area contributed by atoms with Crippen LogP contribution in [0.5, 0.6) is 5.75 Å². The smallest absolute Gasteiger partial charge is 0.201 e. The Balaban J connectivity index is 2.15. The quantitative estimate of drug-likeness (QED) is 0.774. The summed E-state index contributed by atoms with van der Waals surface area (Å²) in [6, 6.07) is 7.63. The molecule has 0 aromatic heterocycles. The maximum atomic E-state index is 13.3. The number of carbonyl (C=O) groups is 1. The lowest BCUT2D eigenvalue weighted by molar-refractivity contribution is 0.0916. The summed E-state index contributed by atoms with van der Waals surface area (Å²) in [6.07, 6.45) is 0. The van der Waals surface area contributed by atoms with Crippen molar-refractivity contribution >= 4 is 29.0 Å². The van der Waals surface area contributed by atoms with Gasteiger partial charge in [-0.2, -0.15) is 0 Å². The van der Waals surface area contributed by atoms with Gasteiger partial charge in [-0.05, 0) is 30.3 Å². The fourth-order valence-electron chi connectivity index (χ4n) is 1.55. The van der Waals surface area contributed by atoms with E-state index < -0.39 is 29.8 Å². The first-order valence-electron chi connectivity index (χ1n) is 5.54. The van der Waals surface area contributed by atoms with Crippen molar-refractivity contribution in [2.24, 2.45) is 0 Å². The van der Waals surface area contributed by atoms with Crippen LogP contribution in [0.3, 0.4) is 0 Å². The summed E-state index contributed by atoms with van der Waals surface area (Å²) < 4.78 is 31.5. The lowest BCUT2D eigenvalue weighted by Gasteiger charge is -2.08. The topological polar surface area (TPSA) is 26.3 Å². The van der Waals surface area contributed by atoms with Gasteiger partial charge in [0, 0.05) is 10.6 Å². The summed E-state index contributed by atoms with van der Waals surface area (Å²) in [5, 5.41) is 0.520. The predicted molar refractivity (Wildman–Crippen MR) is 72.6 cm³/mol. The molecule has 0 radical (unpaired) electrons. The Morgan fingerprint density at radius 2 is 1.75 bits per heavy atom. The van der Waals surface area contributed by atoms with Crippen LogP contribution in [0.15, 0.2) is 36.4 Å². The second kappa shape index (κ2) is 6.20. The minimum atomic E-state index is -0.880. The van der Waals surface area contributed by atoms with Gasteiger partial charge in [-0.1, -0.05) is 29.3 Å². The number of ether oxygens (including phenoxy) is 1. The third-order valence-electron chi connectivity index (χ3n) is 2.50. The molecular weight excluding hydrogens is 309 g/mol. The average molecular weight is 317 g/mol. The van der Waals surface area contributed by atoms with E-state index in [1.807, 2.05) is 0 Å². The number of Topliss-reactive ketones (excluding diaryl/α,β-unsaturated/α-hetero) is 1. The molecule has 0 saturated heterocycles. The van der Waals surface area contributed by atoms with E-state index >= 15 is 0 Å². The third kappa shape index (κ3) is 3.26. The van der Waals surface area contributed by atoms with Gasteiger partial charge in [0.15, 0.2) is 24.0 Å². The molecule has 2 rings (SSSR count). The summed E-state index contributed by atoms with van der Waals surface area (Å²) in [4.78, 5) is 11.9. The van der Waals surface area contributed by atoms with Crippen LogP contribution in [0.2, 0.25) is 10.0 Å². The van der Waals surface area contributed by atoms with Gasteiger partial charge in [0.1, 0.15) is 0 Å². The molecule has 2 aromatic carbocycles. The van der Waals surface area contributed by atoms with Crippen LogP contribution in [-0.4, -0.2) is 12.4 Å². The zero-order valence-electron chi connectivity index (χ0n) is 10.00. The van der Waals surface area contributed by atoms with E-state index in [2.05, 4.69) is 0 Å². The molecule has 0 saturated carbocycles. The van der Waals surface area contributed by atoms with Gasteiger partial charge in [0.25, 0.3) is 0 Å². The Labute approximate surface area is 123 Å². The summed E-state index contributed by atoms with van der Waals surface area (Å²) in [6.45, 7) is -0.544. The van der Waals surface area contributed by atoms with E-state index in [0.29, 0.717) is 5.02 Å². The first kappa shape index (κ1) is 14.8. The van der Waals surface area contributed by atoms with Gasteiger partial charge < -0.3 is 4.74 Å². The number of halogens is 4.